The fourth-order valence-electron chi connectivity index (χ4n) is 13.2. The Morgan fingerprint density at radius 1 is 0.400 bits per heavy atom. The molecule has 3 N–H and O–H groups in total. The molecule has 0 fully saturated rings. The van der Waals surface area contributed by atoms with Gasteiger partial charge in [-0.25, -0.2) is 9.97 Å². The second kappa shape index (κ2) is 41.5. The van der Waals surface area contributed by atoms with Gasteiger partial charge in [-0.15, -0.1) is 0 Å². The second-order valence-electron chi connectivity index (χ2n) is 23.6. The van der Waals surface area contributed by atoms with Crippen molar-refractivity contribution in [3.05, 3.63) is 82.1 Å². The molecule has 7 rings (SSSR count). The van der Waals surface area contributed by atoms with Gasteiger partial charge in [0.25, 0.3) is 23.3 Å². The molecule has 0 aromatic carbocycles. The largest absolute Gasteiger partial charge is 0.488 e. The van der Waals surface area contributed by atoms with E-state index in [1.807, 2.05) is 12.1 Å². The van der Waals surface area contributed by atoms with E-state index >= 15 is 0 Å². The number of H-pyrrole nitrogens is 1. The van der Waals surface area contributed by atoms with Crippen molar-refractivity contribution in [3.63, 3.8) is 0 Å². The topological polar surface area (TPSA) is 131 Å². The van der Waals surface area contributed by atoms with Crippen LogP contribution in [0.5, 0.6) is 17.2 Å². The average Bonchev–Trinajstić information content (AvgIpc) is 0.855. The maximum Gasteiger partial charge on any atom is 0.272 e. The summed E-state index contributed by atoms with van der Waals surface area (Å²) in [5.74, 6) is 5.30. The number of anilines is 3. The zero-order valence-electron chi connectivity index (χ0n) is 53.0. The Hall–Kier alpha value is -1.57. The highest BCUT2D eigenvalue weighted by atomic mass is 79.9. The summed E-state index contributed by atoms with van der Waals surface area (Å²) in [5.41, 5.74) is 1.01. The molecule has 0 aliphatic carbocycles. The van der Waals surface area contributed by atoms with Gasteiger partial charge in [0.15, 0.2) is 23.1 Å². The van der Waals surface area contributed by atoms with Gasteiger partial charge in [0.2, 0.25) is 0 Å². The molecule has 95 heavy (non-hydrogen) atoms. The molecule has 68 heteroatoms. The first-order valence-corrected chi connectivity index (χ1v) is 31.1. The number of pyridine rings is 3. The number of ether oxygens (including phenoxy) is 3. The number of halogens is 1. The Bertz CT molecular complexity index is 2830. The monoisotopic (exact) mass is 1210 g/mol. The predicted octanol–water partition coefficient (Wildman–Crippen LogP) is -15.7. The van der Waals surface area contributed by atoms with Gasteiger partial charge < -0.3 is 44.4 Å². The molecular weight excluding hydrogens is 1180 g/mol. The van der Waals surface area contributed by atoms with Crippen molar-refractivity contribution in [1.82, 2.24) is 24.9 Å². The molecule has 0 saturated carbocycles. The van der Waals surface area contributed by atoms with Gasteiger partial charge in [-0.05, 0) is 52.3 Å². The standard InChI is InChI=1S/C12H11N5O.C8H7N3O.C7H7BrN2O.B54/c1-13-11-3-2-10-12(16-11)17(4-5-18-10)7-9-6-14-8-15-9;1-9-7-3-2-6-8(11-7)10-4-5-12-6;8-6-2-1-5-7(10-6)9-3-4-11-5;1-29(2)43(30(3)4)50(44(31(5)6)32(7)8)53(49(41(25)26)42(27)28)54(51(45(33(9)10)34(11)12)46(35(13)14)36(15)16)52(47(37(17)18)38(19)20)48(39(21)22)40(23)24/h2-3,6,8H,4-5,7H2,(H,14,15);2-3H,4-5H2,(H,10,11);1-2H,3-4H2,(H,9,10);. The number of nitrogens with zero attached hydrogens (tertiary/aromatic N) is 7. The van der Waals surface area contributed by atoms with Crippen LogP contribution < -0.4 is 29.7 Å². The Morgan fingerprint density at radius 3 is 1.04 bits per heavy atom. The molecule has 4 aromatic rings. The number of aromatic amines is 1. The predicted molar refractivity (Wildman–Crippen MR) is 467 cm³/mol. The van der Waals surface area contributed by atoms with Crippen LogP contribution in [0.3, 0.4) is 0 Å². The van der Waals surface area contributed by atoms with Crippen molar-refractivity contribution >= 4 is 428 Å². The fourth-order valence-corrected chi connectivity index (χ4v) is 13.5. The number of imidazole rings is 1. The van der Waals surface area contributed by atoms with Crippen LogP contribution in [0.2, 0.25) is 0 Å². The van der Waals surface area contributed by atoms with Crippen LogP contribution >= 0.6 is 15.9 Å². The van der Waals surface area contributed by atoms with Crippen molar-refractivity contribution in [3.8, 4) is 17.2 Å². The summed E-state index contributed by atoms with van der Waals surface area (Å²) in [4.78, 5) is 28.3. The summed E-state index contributed by atoms with van der Waals surface area (Å²) in [6.45, 7) is 18.8. The van der Waals surface area contributed by atoms with Crippen LogP contribution in [-0.4, -0.2) is 447 Å². The molecule has 0 amide bonds. The molecule has 0 atom stereocenters. The lowest BCUT2D eigenvalue weighted by molar-refractivity contribution is 0.304. The zero-order valence-corrected chi connectivity index (χ0v) is 54.6. The van der Waals surface area contributed by atoms with Crippen LogP contribution in [0.1, 0.15) is 5.69 Å². The smallest absolute Gasteiger partial charge is 0.272 e. The first kappa shape index (κ1) is 85.8. The van der Waals surface area contributed by atoms with E-state index in [-0.39, 0.29) is 0 Å². The van der Waals surface area contributed by atoms with Crippen LogP contribution in [0, 0.1) is 13.1 Å². The third-order valence-corrected chi connectivity index (χ3v) is 17.4. The molecule has 0 saturated heterocycles. The number of rotatable bonds is 27. The number of nitrogens with one attached hydrogen (secondary N) is 3. The Balaban J connectivity index is 0.000000363. The molecule has 370 valence electrons. The van der Waals surface area contributed by atoms with E-state index in [1.165, 1.54) is 0 Å². The van der Waals surface area contributed by atoms with Gasteiger partial charge in [-0.1, -0.05) is 23.1 Å². The summed E-state index contributed by atoms with van der Waals surface area (Å²) < 4.78 is 17.0. The quantitative estimate of drug-likeness (QED) is 0.0301. The second-order valence-corrected chi connectivity index (χ2v) is 24.4. The molecule has 0 unspecified atom stereocenters. The van der Waals surface area contributed by atoms with Gasteiger partial charge >= 0.3 is 0 Å². The molecule has 0 spiro atoms. The molecule has 56 radical (unpaired) electrons. The van der Waals surface area contributed by atoms with E-state index in [0.29, 0.717) is 37.2 Å². The lowest BCUT2D eigenvalue weighted by Crippen LogP contribution is -2.96. The summed E-state index contributed by atoms with van der Waals surface area (Å²) in [6, 6.07) is 10.7. The Labute approximate surface area is 622 Å². The van der Waals surface area contributed by atoms with Crippen LogP contribution in [0.4, 0.5) is 29.1 Å². The van der Waals surface area contributed by atoms with Gasteiger partial charge in [0.05, 0.1) is 38.2 Å². The van der Waals surface area contributed by atoms with E-state index < -0.39 is 166 Å². The SMILES string of the molecule is Brc1ccc2c(n1)NCCO2.[B]B([B])B(B([B])[B])B(B(B([B])[B])B([B])[B])B(B(B([B])[B])B([B])[B])B(B(B(B([B])[B])B([B])[B])B(B([B])[B])B([B])[B])B(B(B([B])[B])B([B])[B])B(B([B])[B])B([B])[B].[C-]#[N+]c1ccc2c(n1)N(Cc1cnc[nH]1)CCO2.[C-]#[N+]c1ccc2c(n1)NCCO2. The molecule has 4 aromatic heterocycles. The number of hydrogen-bond donors (Lipinski definition) is 3. The Morgan fingerprint density at radius 2 is 0.705 bits per heavy atom. The van der Waals surface area contributed by atoms with Crippen molar-refractivity contribution < 1.29 is 14.2 Å². The van der Waals surface area contributed by atoms with Crippen molar-refractivity contribution in [2.24, 2.45) is 0 Å². The Kier molecular flexibility index (Phi) is 37.5. The van der Waals surface area contributed by atoms with Crippen molar-refractivity contribution in [2.45, 2.75) is 6.54 Å². The number of hydrogen-bond acceptors (Lipinski definition) is 10. The van der Waals surface area contributed by atoms with Crippen molar-refractivity contribution in [2.75, 3.05) is 55.0 Å². The first-order valence-electron chi connectivity index (χ1n) is 30.3. The molecule has 0 bridgehead atoms. The highest BCUT2D eigenvalue weighted by Gasteiger charge is 2.61. The molecule has 13 nitrogen and oxygen atoms in total. The lowest BCUT2D eigenvalue weighted by Gasteiger charge is -2.58. The van der Waals surface area contributed by atoms with Crippen molar-refractivity contribution in [1.29, 1.82) is 0 Å². The maximum atomic E-state index is 7.01. The molecule has 3 aliphatic heterocycles. The molecular formula is C27H25B54BrN10O3. The normalized spacial score (nSPS) is 11.5. The number of fused-ring (bicyclic) bond motifs is 3. The van der Waals surface area contributed by atoms with Crippen LogP contribution in [0.15, 0.2) is 53.5 Å². The lowest BCUT2D eigenvalue weighted by atomic mass is 8.24. The zero-order chi connectivity index (χ0) is 71.5. The molecule has 7 heterocycles. The summed E-state index contributed by atoms with van der Waals surface area (Å²) in [6.07, 6.45) is -31.6. The highest BCUT2D eigenvalue weighted by Crippen LogP contribution is 2.33. The van der Waals surface area contributed by atoms with Gasteiger partial charge in [0, 0.05) is 389 Å². The number of aromatic nitrogens is 5. The average molecular weight is 1200 g/mol. The first-order chi connectivity index (χ1) is 44.6. The van der Waals surface area contributed by atoms with E-state index in [9.17, 15) is 0 Å². The van der Waals surface area contributed by atoms with E-state index in [4.69, 9.17) is 244 Å². The maximum absolute atomic E-state index is 7.01. The summed E-state index contributed by atoms with van der Waals surface area (Å²) >= 11 is 3.28. The van der Waals surface area contributed by atoms with Gasteiger partial charge in [0.1, 0.15) is 24.4 Å². The van der Waals surface area contributed by atoms with Crippen LogP contribution in [0.25, 0.3) is 9.69 Å². The summed E-state index contributed by atoms with van der Waals surface area (Å²) in [7, 11) is 182. The van der Waals surface area contributed by atoms with Crippen LogP contribution in [-0.2, 0) is 6.54 Å². The third-order valence-electron chi connectivity index (χ3n) is 17.0. The fraction of sp³-hybridized carbons (Fsp3) is 0.259. The van der Waals surface area contributed by atoms with E-state index in [1.54, 1.807) is 36.8 Å². The van der Waals surface area contributed by atoms with E-state index in [2.05, 4.69) is 66.1 Å². The minimum Gasteiger partial charge on any atom is -0.488 e. The molecule has 3 aliphatic rings. The summed E-state index contributed by atoms with van der Waals surface area (Å²) in [5, 5.41) is 6.20. The highest BCUT2D eigenvalue weighted by molar-refractivity contribution is 9.10. The third kappa shape index (κ3) is 24.3. The van der Waals surface area contributed by atoms with E-state index in [0.717, 1.165) is 65.4 Å². The minimum absolute atomic E-state index is 0.383. The minimum atomic E-state index is -1.44. The van der Waals surface area contributed by atoms with Gasteiger partial charge in [-0.3, -0.25) is 0 Å². The van der Waals surface area contributed by atoms with Gasteiger partial charge in [-0.2, -0.15) is 0 Å².